The molecule has 0 aromatic heterocycles. The van der Waals surface area contributed by atoms with E-state index in [4.69, 9.17) is 0 Å². The molecule has 0 saturated carbocycles. The standard InChI is InChI=1S/C16H11BrN2O2/c17-14-13(15(20)19-16(14)21)10-6-8-12(9-7-10)18-11-4-2-1-3-5-11/h1-9,18H,(H,19,20,21). The van der Waals surface area contributed by atoms with E-state index in [0.29, 0.717) is 11.1 Å². The summed E-state index contributed by atoms with van der Waals surface area (Å²) in [6.07, 6.45) is 0. The number of imide groups is 1. The summed E-state index contributed by atoms with van der Waals surface area (Å²) in [4.78, 5) is 23.2. The van der Waals surface area contributed by atoms with Gasteiger partial charge < -0.3 is 5.32 Å². The van der Waals surface area contributed by atoms with Crippen LogP contribution in [0.25, 0.3) is 5.57 Å². The molecule has 0 bridgehead atoms. The molecule has 0 radical (unpaired) electrons. The van der Waals surface area contributed by atoms with Crippen molar-refractivity contribution in [2.45, 2.75) is 0 Å². The summed E-state index contributed by atoms with van der Waals surface area (Å²) in [6.45, 7) is 0. The van der Waals surface area contributed by atoms with E-state index >= 15 is 0 Å². The van der Waals surface area contributed by atoms with Gasteiger partial charge in [0.2, 0.25) is 0 Å². The van der Waals surface area contributed by atoms with E-state index in [1.54, 1.807) is 12.1 Å². The summed E-state index contributed by atoms with van der Waals surface area (Å²) in [6, 6.07) is 17.1. The van der Waals surface area contributed by atoms with Crippen molar-refractivity contribution in [3.63, 3.8) is 0 Å². The molecule has 4 nitrogen and oxygen atoms in total. The highest BCUT2D eigenvalue weighted by Gasteiger charge is 2.29. The molecule has 2 aromatic carbocycles. The largest absolute Gasteiger partial charge is 0.356 e. The van der Waals surface area contributed by atoms with E-state index in [9.17, 15) is 9.59 Å². The number of benzene rings is 2. The monoisotopic (exact) mass is 342 g/mol. The Morgan fingerprint density at radius 1 is 0.810 bits per heavy atom. The zero-order valence-corrected chi connectivity index (χ0v) is 12.5. The van der Waals surface area contributed by atoms with Gasteiger partial charge in [-0.2, -0.15) is 0 Å². The molecule has 5 heteroatoms. The second kappa shape index (κ2) is 5.54. The molecule has 0 unspecified atom stereocenters. The topological polar surface area (TPSA) is 58.2 Å². The number of nitrogens with one attached hydrogen (secondary N) is 2. The van der Waals surface area contributed by atoms with Gasteiger partial charge in [0, 0.05) is 11.4 Å². The summed E-state index contributed by atoms with van der Waals surface area (Å²) >= 11 is 3.15. The third kappa shape index (κ3) is 2.73. The second-order valence-corrected chi connectivity index (χ2v) is 5.33. The molecule has 1 aliphatic rings. The van der Waals surface area contributed by atoms with Gasteiger partial charge in [-0.15, -0.1) is 0 Å². The van der Waals surface area contributed by atoms with E-state index in [1.807, 2.05) is 42.5 Å². The highest BCUT2D eigenvalue weighted by atomic mass is 79.9. The van der Waals surface area contributed by atoms with Crippen LogP contribution in [-0.2, 0) is 9.59 Å². The fourth-order valence-electron chi connectivity index (χ4n) is 2.10. The number of para-hydroxylation sites is 1. The first-order chi connectivity index (χ1) is 10.1. The Morgan fingerprint density at radius 2 is 1.43 bits per heavy atom. The lowest BCUT2D eigenvalue weighted by molar-refractivity contribution is -0.123. The van der Waals surface area contributed by atoms with Gasteiger partial charge in [-0.05, 0) is 45.8 Å². The molecule has 3 rings (SSSR count). The van der Waals surface area contributed by atoms with Gasteiger partial charge in [-0.3, -0.25) is 14.9 Å². The van der Waals surface area contributed by atoms with Crippen LogP contribution in [0.1, 0.15) is 5.56 Å². The lowest BCUT2D eigenvalue weighted by Gasteiger charge is -2.07. The molecule has 0 fully saturated rings. The number of hydrogen-bond acceptors (Lipinski definition) is 3. The highest BCUT2D eigenvalue weighted by molar-refractivity contribution is 9.12. The summed E-state index contributed by atoms with van der Waals surface area (Å²) in [7, 11) is 0. The number of amides is 2. The minimum Gasteiger partial charge on any atom is -0.356 e. The minimum absolute atomic E-state index is 0.274. The van der Waals surface area contributed by atoms with Crippen molar-refractivity contribution >= 4 is 44.7 Å². The van der Waals surface area contributed by atoms with Crippen LogP contribution in [0.2, 0.25) is 0 Å². The lowest BCUT2D eigenvalue weighted by atomic mass is 10.1. The van der Waals surface area contributed by atoms with Crippen molar-refractivity contribution in [3.05, 3.63) is 64.6 Å². The Labute approximate surface area is 130 Å². The van der Waals surface area contributed by atoms with Crippen LogP contribution in [0.15, 0.2) is 59.1 Å². The SMILES string of the molecule is O=C1NC(=O)C(c2ccc(Nc3ccccc3)cc2)=C1Br. The normalized spacial score (nSPS) is 14.3. The molecule has 2 aromatic rings. The Morgan fingerprint density at radius 3 is 2.00 bits per heavy atom. The minimum atomic E-state index is -0.401. The number of hydrogen-bond donors (Lipinski definition) is 2. The molecule has 0 saturated heterocycles. The smallest absolute Gasteiger partial charge is 0.265 e. The maximum Gasteiger partial charge on any atom is 0.265 e. The van der Waals surface area contributed by atoms with Crippen LogP contribution in [0.4, 0.5) is 11.4 Å². The first kappa shape index (κ1) is 13.6. The molecule has 104 valence electrons. The number of carbonyl (C=O) groups is 2. The molecule has 1 aliphatic heterocycles. The fraction of sp³-hybridized carbons (Fsp3) is 0. The molecule has 2 amide bonds. The van der Waals surface area contributed by atoms with Crippen molar-refractivity contribution in [3.8, 4) is 0 Å². The second-order valence-electron chi connectivity index (χ2n) is 4.54. The fourth-order valence-corrected chi connectivity index (χ4v) is 2.61. The first-order valence-corrected chi connectivity index (χ1v) is 7.12. The summed E-state index contributed by atoms with van der Waals surface area (Å²) in [5, 5.41) is 5.51. The third-order valence-corrected chi connectivity index (χ3v) is 3.87. The highest BCUT2D eigenvalue weighted by Crippen LogP contribution is 2.28. The van der Waals surface area contributed by atoms with Crippen molar-refractivity contribution in [1.29, 1.82) is 0 Å². The van der Waals surface area contributed by atoms with Gasteiger partial charge in [0.1, 0.15) is 0 Å². The van der Waals surface area contributed by atoms with Gasteiger partial charge in [-0.1, -0.05) is 30.3 Å². The van der Waals surface area contributed by atoms with Gasteiger partial charge in [-0.25, -0.2) is 0 Å². The van der Waals surface area contributed by atoms with Crippen molar-refractivity contribution in [2.24, 2.45) is 0 Å². The lowest BCUT2D eigenvalue weighted by Crippen LogP contribution is -2.22. The van der Waals surface area contributed by atoms with Crippen LogP contribution in [0, 0.1) is 0 Å². The Bertz CT molecular complexity index is 737. The Balaban J connectivity index is 1.85. The van der Waals surface area contributed by atoms with Gasteiger partial charge in [0.05, 0.1) is 10.1 Å². The number of anilines is 2. The molecule has 0 aliphatic carbocycles. The van der Waals surface area contributed by atoms with E-state index in [1.165, 1.54) is 0 Å². The number of halogens is 1. The maximum absolute atomic E-state index is 11.7. The van der Waals surface area contributed by atoms with Crippen molar-refractivity contribution < 1.29 is 9.59 Å². The predicted octanol–water partition coefficient (Wildman–Crippen LogP) is 3.19. The van der Waals surface area contributed by atoms with E-state index in [0.717, 1.165) is 11.4 Å². The Hall–Kier alpha value is -2.40. The average molecular weight is 343 g/mol. The van der Waals surface area contributed by atoms with E-state index < -0.39 is 5.91 Å². The number of rotatable bonds is 3. The number of carbonyl (C=O) groups excluding carboxylic acids is 2. The molecular weight excluding hydrogens is 332 g/mol. The quantitative estimate of drug-likeness (QED) is 0.842. The molecule has 2 N–H and O–H groups in total. The summed E-state index contributed by atoms with van der Waals surface area (Å²) in [5.74, 6) is -0.780. The van der Waals surface area contributed by atoms with Gasteiger partial charge in [0.25, 0.3) is 11.8 Å². The van der Waals surface area contributed by atoms with Crippen LogP contribution in [0.3, 0.4) is 0 Å². The van der Waals surface area contributed by atoms with Crippen LogP contribution >= 0.6 is 15.9 Å². The summed E-state index contributed by atoms with van der Waals surface area (Å²) < 4.78 is 0.274. The predicted molar refractivity (Wildman–Crippen MR) is 85.2 cm³/mol. The molecule has 21 heavy (non-hydrogen) atoms. The zero-order valence-electron chi connectivity index (χ0n) is 10.9. The molecule has 0 atom stereocenters. The maximum atomic E-state index is 11.7. The third-order valence-electron chi connectivity index (χ3n) is 3.11. The first-order valence-electron chi connectivity index (χ1n) is 6.33. The van der Waals surface area contributed by atoms with Crippen molar-refractivity contribution in [2.75, 3.05) is 5.32 Å². The average Bonchev–Trinajstić information content (AvgIpc) is 2.74. The summed E-state index contributed by atoms with van der Waals surface area (Å²) in [5.41, 5.74) is 2.96. The Kier molecular flexibility index (Phi) is 3.58. The van der Waals surface area contributed by atoms with Crippen molar-refractivity contribution in [1.82, 2.24) is 5.32 Å². The van der Waals surface area contributed by atoms with Crippen LogP contribution in [0.5, 0.6) is 0 Å². The molecular formula is C16H11BrN2O2. The zero-order chi connectivity index (χ0) is 14.8. The van der Waals surface area contributed by atoms with Gasteiger partial charge in [0.15, 0.2) is 0 Å². The molecule has 1 heterocycles. The van der Waals surface area contributed by atoms with Gasteiger partial charge >= 0.3 is 0 Å². The van der Waals surface area contributed by atoms with Crippen LogP contribution in [-0.4, -0.2) is 11.8 Å². The van der Waals surface area contributed by atoms with Crippen LogP contribution < -0.4 is 10.6 Å². The van der Waals surface area contributed by atoms with E-state index in [2.05, 4.69) is 26.6 Å². The molecule has 0 spiro atoms. The van der Waals surface area contributed by atoms with E-state index in [-0.39, 0.29) is 10.4 Å².